The van der Waals surface area contributed by atoms with Gasteiger partial charge in [0, 0.05) is 0 Å². The zero-order chi connectivity index (χ0) is 24.8. The predicted octanol–water partition coefficient (Wildman–Crippen LogP) is 7.73. The molecule has 5 rings (SSSR count). The maximum absolute atomic E-state index is 11.0. The van der Waals surface area contributed by atoms with Crippen molar-refractivity contribution in [2.24, 2.45) is 40.4 Å². The lowest BCUT2D eigenvalue weighted by atomic mass is 9.46. The fraction of sp³-hybridized carbons (Fsp3) is 0.758. The monoisotopic (exact) mass is 478 g/mol. The molecule has 4 aliphatic carbocycles. The van der Waals surface area contributed by atoms with Crippen LogP contribution in [0, 0.1) is 40.4 Å². The third-order valence-electron chi connectivity index (χ3n) is 11.9. The summed E-state index contributed by atoms with van der Waals surface area (Å²) in [7, 11) is 0. The van der Waals surface area contributed by atoms with Crippen molar-refractivity contribution in [2.45, 2.75) is 116 Å². The number of benzene rings is 1. The lowest BCUT2D eigenvalue weighted by molar-refractivity contribution is -0.0757. The van der Waals surface area contributed by atoms with E-state index < -0.39 is 5.60 Å². The highest BCUT2D eigenvalue weighted by molar-refractivity contribution is 5.27. The Morgan fingerprint density at radius 3 is 2.49 bits per heavy atom. The minimum absolute atomic E-state index is 0.226. The van der Waals surface area contributed by atoms with Crippen LogP contribution in [0.5, 0.6) is 0 Å². The quantitative estimate of drug-likeness (QED) is 0.394. The van der Waals surface area contributed by atoms with E-state index in [9.17, 15) is 10.2 Å². The molecule has 9 atom stereocenters. The second kappa shape index (κ2) is 9.64. The van der Waals surface area contributed by atoms with Crippen molar-refractivity contribution in [3.63, 3.8) is 0 Å². The number of hydrogen-bond donors (Lipinski definition) is 2. The van der Waals surface area contributed by atoms with Gasteiger partial charge in [-0.1, -0.05) is 69.7 Å². The van der Waals surface area contributed by atoms with Gasteiger partial charge in [0.15, 0.2) is 0 Å². The average Bonchev–Trinajstić information content (AvgIpc) is 3.21. The molecule has 1 aromatic rings. The molecule has 2 nitrogen and oxygen atoms in total. The number of aliphatic hydroxyl groups is 2. The molecular weight excluding hydrogens is 428 g/mol. The highest BCUT2D eigenvalue weighted by Gasteiger charge is 2.59. The van der Waals surface area contributed by atoms with Crippen molar-refractivity contribution in [2.75, 3.05) is 0 Å². The molecule has 1 aromatic carbocycles. The van der Waals surface area contributed by atoms with E-state index in [1.54, 1.807) is 5.57 Å². The predicted molar refractivity (Wildman–Crippen MR) is 145 cm³/mol. The van der Waals surface area contributed by atoms with E-state index >= 15 is 0 Å². The fourth-order valence-corrected chi connectivity index (χ4v) is 9.63. The smallest absolute Gasteiger partial charge is 0.0682 e. The van der Waals surface area contributed by atoms with Crippen molar-refractivity contribution >= 4 is 0 Å². The zero-order valence-electron chi connectivity index (χ0n) is 22.8. The molecule has 0 bridgehead atoms. The van der Waals surface area contributed by atoms with E-state index in [-0.39, 0.29) is 6.10 Å². The van der Waals surface area contributed by atoms with Crippen LogP contribution in [0.1, 0.15) is 104 Å². The van der Waals surface area contributed by atoms with E-state index in [2.05, 4.69) is 58.0 Å². The number of hydrogen-bond acceptors (Lipinski definition) is 2. The van der Waals surface area contributed by atoms with Gasteiger partial charge in [-0.25, -0.2) is 0 Å². The molecule has 0 radical (unpaired) electrons. The van der Waals surface area contributed by atoms with Crippen LogP contribution >= 0.6 is 0 Å². The standard InChI is InChI=1S/C33H50O2/c1-5-33(35)20-19-31(3)25(22-33)12-14-27-29-16-15-28(32(29,4)18-17-30(27)31)23(2)11-13-26(34)21-24-9-7-6-8-10-24/h6-10,12,23,26-30,34-35H,5,11,13-22H2,1-4H3/t23-,26+,27+,28-,29+,30+,31+,32-,33+/m1/s1. The van der Waals surface area contributed by atoms with E-state index in [4.69, 9.17) is 0 Å². The number of rotatable bonds is 7. The van der Waals surface area contributed by atoms with Crippen LogP contribution in [-0.2, 0) is 6.42 Å². The summed E-state index contributed by atoms with van der Waals surface area (Å²) < 4.78 is 0. The lowest BCUT2D eigenvalue weighted by Gasteiger charge is -2.59. The highest BCUT2D eigenvalue weighted by atomic mass is 16.3. The fourth-order valence-electron chi connectivity index (χ4n) is 9.63. The van der Waals surface area contributed by atoms with Crippen LogP contribution in [0.25, 0.3) is 0 Å². The molecule has 0 amide bonds. The largest absolute Gasteiger partial charge is 0.393 e. The second-order valence-electron chi connectivity index (χ2n) is 13.6. The van der Waals surface area contributed by atoms with E-state index in [1.807, 2.05) is 6.07 Å². The lowest BCUT2D eigenvalue weighted by Crippen LogP contribution is -2.52. The molecule has 0 spiro atoms. The first-order chi connectivity index (χ1) is 16.7. The Balaban J connectivity index is 1.24. The third kappa shape index (κ3) is 4.56. The summed E-state index contributed by atoms with van der Waals surface area (Å²) in [5, 5.41) is 21.7. The Kier molecular flexibility index (Phi) is 7.03. The molecule has 3 fully saturated rings. The Labute approximate surface area is 214 Å². The Morgan fingerprint density at radius 2 is 1.74 bits per heavy atom. The Bertz CT molecular complexity index is 907. The van der Waals surface area contributed by atoms with Gasteiger partial charge in [0.05, 0.1) is 11.7 Å². The zero-order valence-corrected chi connectivity index (χ0v) is 22.8. The molecule has 194 valence electrons. The van der Waals surface area contributed by atoms with Crippen LogP contribution < -0.4 is 0 Å². The van der Waals surface area contributed by atoms with Crippen LogP contribution in [-0.4, -0.2) is 21.9 Å². The summed E-state index contributed by atoms with van der Waals surface area (Å²) in [6.07, 6.45) is 15.9. The molecule has 0 aliphatic heterocycles. The second-order valence-corrected chi connectivity index (χ2v) is 13.6. The summed E-state index contributed by atoms with van der Waals surface area (Å²) in [6, 6.07) is 10.5. The van der Waals surface area contributed by atoms with Crippen LogP contribution in [0.3, 0.4) is 0 Å². The number of aliphatic hydroxyl groups excluding tert-OH is 1. The summed E-state index contributed by atoms with van der Waals surface area (Å²) in [4.78, 5) is 0. The van der Waals surface area contributed by atoms with Gasteiger partial charge < -0.3 is 10.2 Å². The first-order valence-corrected chi connectivity index (χ1v) is 14.8. The maximum atomic E-state index is 11.0. The van der Waals surface area contributed by atoms with Crippen molar-refractivity contribution in [1.29, 1.82) is 0 Å². The van der Waals surface area contributed by atoms with Gasteiger partial charge in [0.25, 0.3) is 0 Å². The molecule has 2 heteroatoms. The van der Waals surface area contributed by atoms with Gasteiger partial charge in [-0.15, -0.1) is 0 Å². The number of allylic oxidation sites excluding steroid dienone is 1. The molecule has 3 saturated carbocycles. The summed E-state index contributed by atoms with van der Waals surface area (Å²) in [5.41, 5.74) is 3.16. The summed E-state index contributed by atoms with van der Waals surface area (Å²) >= 11 is 0. The van der Waals surface area contributed by atoms with E-state index in [0.717, 1.165) is 62.2 Å². The summed E-state index contributed by atoms with van der Waals surface area (Å²) in [6.45, 7) is 9.82. The van der Waals surface area contributed by atoms with Crippen LogP contribution in [0.15, 0.2) is 42.0 Å². The van der Waals surface area contributed by atoms with Crippen molar-refractivity contribution in [3.8, 4) is 0 Å². The molecule has 2 N–H and O–H groups in total. The molecular formula is C33H50O2. The first-order valence-electron chi connectivity index (χ1n) is 14.8. The van der Waals surface area contributed by atoms with Crippen molar-refractivity contribution in [3.05, 3.63) is 47.5 Å². The molecule has 0 unspecified atom stereocenters. The minimum atomic E-state index is -0.458. The van der Waals surface area contributed by atoms with Crippen molar-refractivity contribution in [1.82, 2.24) is 0 Å². The highest BCUT2D eigenvalue weighted by Crippen LogP contribution is 2.67. The van der Waals surface area contributed by atoms with Crippen molar-refractivity contribution < 1.29 is 10.2 Å². The summed E-state index contributed by atoms with van der Waals surface area (Å²) in [5.74, 6) is 3.98. The maximum Gasteiger partial charge on any atom is 0.0682 e. The Morgan fingerprint density at radius 1 is 0.971 bits per heavy atom. The van der Waals surface area contributed by atoms with Gasteiger partial charge in [-0.3, -0.25) is 0 Å². The van der Waals surface area contributed by atoms with Crippen LogP contribution in [0.2, 0.25) is 0 Å². The molecule has 0 heterocycles. The molecule has 0 aromatic heterocycles. The van der Waals surface area contributed by atoms with Gasteiger partial charge in [-0.2, -0.15) is 0 Å². The molecule has 0 saturated heterocycles. The first kappa shape index (κ1) is 25.5. The number of fused-ring (bicyclic) bond motifs is 5. The van der Waals surface area contributed by atoms with Gasteiger partial charge in [0.1, 0.15) is 0 Å². The van der Waals surface area contributed by atoms with Gasteiger partial charge >= 0.3 is 0 Å². The topological polar surface area (TPSA) is 40.5 Å². The normalized spacial score (nSPS) is 42.4. The van der Waals surface area contributed by atoms with E-state index in [0.29, 0.717) is 16.7 Å². The molecule has 35 heavy (non-hydrogen) atoms. The Hall–Kier alpha value is -1.12. The average molecular weight is 479 g/mol. The SMILES string of the molecule is CC[C@]1(O)CC[C@@]2(C)C(=CC[C@H]3[C@@H]4CC[C@H]([C@H](C)CC[C@H](O)Cc5ccccc5)[C@@]4(C)CC[C@@H]32)C1. The van der Waals surface area contributed by atoms with Gasteiger partial charge in [-0.05, 0) is 123 Å². The van der Waals surface area contributed by atoms with Crippen LogP contribution in [0.4, 0.5) is 0 Å². The van der Waals surface area contributed by atoms with Gasteiger partial charge in [0.2, 0.25) is 0 Å². The van der Waals surface area contributed by atoms with E-state index in [1.165, 1.54) is 44.1 Å². The minimum Gasteiger partial charge on any atom is -0.393 e. The molecule has 4 aliphatic rings. The third-order valence-corrected chi connectivity index (χ3v) is 11.9.